The molecule has 20 heavy (non-hydrogen) atoms. The van der Waals surface area contributed by atoms with Gasteiger partial charge in [-0.2, -0.15) is 0 Å². The third kappa shape index (κ3) is 4.76. The Labute approximate surface area is 120 Å². The molecule has 0 aromatic carbocycles. The minimum atomic E-state index is -0.563. The van der Waals surface area contributed by atoms with Crippen molar-refractivity contribution < 1.29 is 14.3 Å². The van der Waals surface area contributed by atoms with E-state index in [0.29, 0.717) is 6.54 Å². The first-order chi connectivity index (χ1) is 9.58. The number of esters is 1. The summed E-state index contributed by atoms with van der Waals surface area (Å²) in [7, 11) is 1.35. The highest BCUT2D eigenvalue weighted by Gasteiger charge is 2.28. The highest BCUT2D eigenvalue weighted by atomic mass is 16.5. The summed E-state index contributed by atoms with van der Waals surface area (Å²) in [5, 5.41) is 2.66. The molecule has 0 aromatic rings. The summed E-state index contributed by atoms with van der Waals surface area (Å²) in [6, 6.07) is -0.563. The van der Waals surface area contributed by atoms with E-state index in [1.165, 1.54) is 33.4 Å². The number of rotatable bonds is 6. The van der Waals surface area contributed by atoms with E-state index >= 15 is 0 Å². The normalized spacial score (nSPS) is 22.3. The maximum Gasteiger partial charge on any atom is 0.329 e. The molecule has 1 atom stereocenters. The van der Waals surface area contributed by atoms with Crippen molar-refractivity contribution in [3.8, 4) is 0 Å². The van der Waals surface area contributed by atoms with E-state index < -0.39 is 6.04 Å². The van der Waals surface area contributed by atoms with E-state index in [1.54, 1.807) is 0 Å². The van der Waals surface area contributed by atoms with Gasteiger partial charge >= 0.3 is 5.97 Å². The lowest BCUT2D eigenvalue weighted by atomic mass is 10.2. The van der Waals surface area contributed by atoms with Crippen molar-refractivity contribution in [2.24, 2.45) is 5.92 Å². The molecule has 1 amide bonds. The monoisotopic (exact) mass is 283 g/mol. The summed E-state index contributed by atoms with van der Waals surface area (Å²) in [6.07, 6.45) is 2.76. The van der Waals surface area contributed by atoms with Crippen molar-refractivity contribution in [3.63, 3.8) is 0 Å². The van der Waals surface area contributed by atoms with E-state index in [9.17, 15) is 9.59 Å². The van der Waals surface area contributed by atoms with Crippen molar-refractivity contribution >= 4 is 11.9 Å². The zero-order valence-corrected chi connectivity index (χ0v) is 12.4. The van der Waals surface area contributed by atoms with Crippen LogP contribution in [0.5, 0.6) is 0 Å². The van der Waals surface area contributed by atoms with Crippen molar-refractivity contribution in [2.75, 3.05) is 46.4 Å². The second-order valence-corrected chi connectivity index (χ2v) is 5.82. The highest BCUT2D eigenvalue weighted by molar-refractivity contribution is 5.83. The number of amides is 1. The SMILES string of the molecule is COC(=O)C(CN1CCN(CC2CC2)CC1)NC(C)=O. The highest BCUT2D eigenvalue weighted by Crippen LogP contribution is 2.29. The van der Waals surface area contributed by atoms with Crippen LogP contribution in [0.25, 0.3) is 0 Å². The van der Waals surface area contributed by atoms with Gasteiger partial charge in [-0.3, -0.25) is 9.69 Å². The standard InChI is InChI=1S/C14H25N3O3/c1-11(18)15-13(14(19)20-2)10-17-7-5-16(6-8-17)9-12-3-4-12/h12-13H,3-10H2,1-2H3,(H,15,18). The maximum atomic E-state index is 11.7. The molecule has 114 valence electrons. The molecule has 1 N–H and O–H groups in total. The number of hydrogen-bond acceptors (Lipinski definition) is 5. The molecular weight excluding hydrogens is 258 g/mol. The molecule has 1 aliphatic carbocycles. The molecule has 6 nitrogen and oxygen atoms in total. The molecule has 1 unspecified atom stereocenters. The van der Waals surface area contributed by atoms with Crippen molar-refractivity contribution in [2.45, 2.75) is 25.8 Å². The van der Waals surface area contributed by atoms with E-state index in [-0.39, 0.29) is 11.9 Å². The second-order valence-electron chi connectivity index (χ2n) is 5.82. The molecular formula is C14H25N3O3. The van der Waals surface area contributed by atoms with Crippen LogP contribution in [0.4, 0.5) is 0 Å². The van der Waals surface area contributed by atoms with Gasteiger partial charge in [0.05, 0.1) is 7.11 Å². The van der Waals surface area contributed by atoms with Crippen LogP contribution in [0.15, 0.2) is 0 Å². The summed E-state index contributed by atoms with van der Waals surface area (Å²) >= 11 is 0. The zero-order valence-electron chi connectivity index (χ0n) is 12.4. The summed E-state index contributed by atoms with van der Waals surface area (Å²) in [5.74, 6) is 0.345. The fourth-order valence-corrected chi connectivity index (χ4v) is 2.64. The first-order valence-corrected chi connectivity index (χ1v) is 7.38. The molecule has 2 fully saturated rings. The van der Waals surface area contributed by atoms with Gasteiger partial charge in [-0.1, -0.05) is 0 Å². The van der Waals surface area contributed by atoms with E-state index in [0.717, 1.165) is 32.1 Å². The fourth-order valence-electron chi connectivity index (χ4n) is 2.64. The average molecular weight is 283 g/mol. The molecule has 2 aliphatic rings. The number of piperazine rings is 1. The Morgan fingerprint density at radius 3 is 2.30 bits per heavy atom. The minimum absolute atomic E-state index is 0.201. The van der Waals surface area contributed by atoms with Crippen LogP contribution in [-0.4, -0.2) is 74.1 Å². The van der Waals surface area contributed by atoms with Gasteiger partial charge in [0, 0.05) is 46.2 Å². The van der Waals surface area contributed by atoms with Crippen LogP contribution in [0.3, 0.4) is 0 Å². The molecule has 0 aromatic heterocycles. The Kier molecular flexibility index (Phi) is 5.37. The molecule has 1 aliphatic heterocycles. The lowest BCUT2D eigenvalue weighted by Crippen LogP contribution is -2.53. The quantitative estimate of drug-likeness (QED) is 0.678. The molecule has 6 heteroatoms. The lowest BCUT2D eigenvalue weighted by Gasteiger charge is -2.36. The molecule has 0 spiro atoms. The molecule has 1 heterocycles. The molecule has 1 saturated heterocycles. The predicted molar refractivity (Wildman–Crippen MR) is 75.2 cm³/mol. The van der Waals surface area contributed by atoms with Crippen LogP contribution < -0.4 is 5.32 Å². The van der Waals surface area contributed by atoms with E-state index in [4.69, 9.17) is 4.74 Å². The van der Waals surface area contributed by atoms with E-state index in [1.807, 2.05) is 0 Å². The van der Waals surface area contributed by atoms with E-state index in [2.05, 4.69) is 15.1 Å². The van der Waals surface area contributed by atoms with Crippen LogP contribution in [0.2, 0.25) is 0 Å². The largest absolute Gasteiger partial charge is 0.467 e. The predicted octanol–water partition coefficient (Wildman–Crippen LogP) is -0.308. The lowest BCUT2D eigenvalue weighted by molar-refractivity contribution is -0.145. The summed E-state index contributed by atoms with van der Waals surface area (Å²) in [4.78, 5) is 27.5. The minimum Gasteiger partial charge on any atom is -0.467 e. The Balaban J connectivity index is 1.75. The van der Waals surface area contributed by atoms with Gasteiger partial charge < -0.3 is 15.0 Å². The third-order valence-electron chi connectivity index (χ3n) is 3.98. The molecule has 0 radical (unpaired) electrons. The molecule has 0 bridgehead atoms. The smallest absolute Gasteiger partial charge is 0.329 e. The number of nitrogens with one attached hydrogen (secondary N) is 1. The van der Waals surface area contributed by atoms with Gasteiger partial charge in [0.15, 0.2) is 0 Å². The van der Waals surface area contributed by atoms with Gasteiger partial charge in [-0.15, -0.1) is 0 Å². The van der Waals surface area contributed by atoms with Crippen LogP contribution >= 0.6 is 0 Å². The Hall–Kier alpha value is -1.14. The van der Waals surface area contributed by atoms with Crippen molar-refractivity contribution in [1.82, 2.24) is 15.1 Å². The van der Waals surface area contributed by atoms with Gasteiger partial charge in [0.2, 0.25) is 5.91 Å². The van der Waals surface area contributed by atoms with Gasteiger partial charge in [-0.05, 0) is 18.8 Å². The summed E-state index contributed by atoms with van der Waals surface area (Å²) in [5.41, 5.74) is 0. The number of nitrogens with zero attached hydrogens (tertiary/aromatic N) is 2. The topological polar surface area (TPSA) is 61.9 Å². The first-order valence-electron chi connectivity index (χ1n) is 7.38. The maximum absolute atomic E-state index is 11.7. The first kappa shape index (κ1) is 15.3. The van der Waals surface area contributed by atoms with Crippen LogP contribution in [-0.2, 0) is 14.3 Å². The second kappa shape index (κ2) is 7.04. The van der Waals surface area contributed by atoms with Gasteiger partial charge in [0.25, 0.3) is 0 Å². The van der Waals surface area contributed by atoms with Crippen LogP contribution in [0, 0.1) is 5.92 Å². The summed E-state index contributed by atoms with van der Waals surface area (Å²) < 4.78 is 4.75. The Morgan fingerprint density at radius 2 is 1.80 bits per heavy atom. The van der Waals surface area contributed by atoms with Crippen molar-refractivity contribution in [3.05, 3.63) is 0 Å². The number of carbonyl (C=O) groups is 2. The van der Waals surface area contributed by atoms with Gasteiger partial charge in [0.1, 0.15) is 6.04 Å². The number of carbonyl (C=O) groups excluding carboxylic acids is 2. The van der Waals surface area contributed by atoms with Crippen molar-refractivity contribution in [1.29, 1.82) is 0 Å². The molecule has 2 rings (SSSR count). The summed E-state index contributed by atoms with van der Waals surface area (Å²) in [6.45, 7) is 7.15. The average Bonchev–Trinajstić information content (AvgIpc) is 3.22. The number of ether oxygens (including phenoxy) is 1. The molecule has 1 saturated carbocycles. The number of hydrogen-bond donors (Lipinski definition) is 1. The Bertz CT molecular complexity index is 350. The fraction of sp³-hybridized carbons (Fsp3) is 0.857. The van der Waals surface area contributed by atoms with Crippen LogP contribution in [0.1, 0.15) is 19.8 Å². The number of methoxy groups -OCH3 is 1. The zero-order chi connectivity index (χ0) is 14.5. The van der Waals surface area contributed by atoms with Gasteiger partial charge in [-0.25, -0.2) is 4.79 Å². The third-order valence-corrected chi connectivity index (χ3v) is 3.98. The Morgan fingerprint density at radius 1 is 1.20 bits per heavy atom.